The molecule has 1 aromatic rings. The first-order valence-electron chi connectivity index (χ1n) is 5.77. The number of ether oxygens (including phenoxy) is 1. The zero-order valence-corrected chi connectivity index (χ0v) is 9.52. The van der Waals surface area contributed by atoms with Crippen LogP contribution >= 0.6 is 0 Å². The largest absolute Gasteiger partial charge is 0.378 e. The predicted molar refractivity (Wildman–Crippen MR) is 57.7 cm³/mol. The molecule has 1 aromatic heterocycles. The van der Waals surface area contributed by atoms with Crippen LogP contribution in [0.1, 0.15) is 45.0 Å². The fourth-order valence-corrected chi connectivity index (χ4v) is 2.02. The van der Waals surface area contributed by atoms with Crippen molar-refractivity contribution in [3.63, 3.8) is 0 Å². The summed E-state index contributed by atoms with van der Waals surface area (Å²) in [7, 11) is 0. The summed E-state index contributed by atoms with van der Waals surface area (Å²) in [6, 6.07) is 0.429. The van der Waals surface area contributed by atoms with E-state index in [1.165, 1.54) is 12.8 Å². The van der Waals surface area contributed by atoms with Crippen molar-refractivity contribution >= 4 is 0 Å². The predicted octanol–water partition coefficient (Wildman–Crippen LogP) is 1.97. The van der Waals surface area contributed by atoms with E-state index in [-0.39, 0.29) is 0 Å². The van der Waals surface area contributed by atoms with Gasteiger partial charge in [0.05, 0.1) is 6.10 Å². The second-order valence-corrected chi connectivity index (χ2v) is 4.44. The van der Waals surface area contributed by atoms with Crippen LogP contribution in [0.3, 0.4) is 0 Å². The molecular weight excluding hydrogens is 190 g/mol. The topological polar surface area (TPSA) is 39.9 Å². The Kier molecular flexibility index (Phi) is 3.36. The highest BCUT2D eigenvalue weighted by atomic mass is 16.5. The third-order valence-electron chi connectivity index (χ3n) is 2.89. The van der Waals surface area contributed by atoms with Crippen molar-refractivity contribution in [2.24, 2.45) is 0 Å². The quantitative estimate of drug-likeness (QED) is 0.764. The molecule has 4 nitrogen and oxygen atoms in total. The fraction of sp³-hybridized carbons (Fsp3) is 0.818. The van der Waals surface area contributed by atoms with Crippen LogP contribution in [-0.2, 0) is 11.2 Å². The van der Waals surface area contributed by atoms with E-state index in [0.717, 1.165) is 25.3 Å². The standard InChI is InChI=1S/C11H19N3O/c1-9(2)14-8-12-13-11(14)7-10-5-3-4-6-15-10/h8-10H,3-7H2,1-2H3. The van der Waals surface area contributed by atoms with Gasteiger partial charge >= 0.3 is 0 Å². The lowest BCUT2D eigenvalue weighted by atomic mass is 10.1. The molecule has 4 heteroatoms. The van der Waals surface area contributed by atoms with E-state index in [0.29, 0.717) is 12.1 Å². The molecule has 0 saturated carbocycles. The molecule has 15 heavy (non-hydrogen) atoms. The maximum absolute atomic E-state index is 5.70. The number of hydrogen-bond acceptors (Lipinski definition) is 3. The van der Waals surface area contributed by atoms with E-state index in [9.17, 15) is 0 Å². The molecule has 0 amide bonds. The number of aromatic nitrogens is 3. The minimum Gasteiger partial charge on any atom is -0.378 e. The molecule has 84 valence electrons. The van der Waals surface area contributed by atoms with Gasteiger partial charge in [-0.2, -0.15) is 0 Å². The molecule has 0 aliphatic carbocycles. The summed E-state index contributed by atoms with van der Waals surface area (Å²) in [5, 5.41) is 8.13. The van der Waals surface area contributed by atoms with Crippen molar-refractivity contribution in [1.82, 2.24) is 14.8 Å². The average Bonchev–Trinajstić information content (AvgIpc) is 2.67. The Morgan fingerprint density at radius 2 is 2.40 bits per heavy atom. The van der Waals surface area contributed by atoms with Crippen molar-refractivity contribution in [2.75, 3.05) is 6.61 Å². The molecule has 0 N–H and O–H groups in total. The monoisotopic (exact) mass is 209 g/mol. The maximum atomic E-state index is 5.70. The van der Waals surface area contributed by atoms with Crippen LogP contribution in [0.5, 0.6) is 0 Å². The summed E-state index contributed by atoms with van der Waals surface area (Å²) in [5.74, 6) is 1.05. The summed E-state index contributed by atoms with van der Waals surface area (Å²) >= 11 is 0. The Morgan fingerprint density at radius 1 is 1.53 bits per heavy atom. The van der Waals surface area contributed by atoms with Gasteiger partial charge in [0, 0.05) is 19.1 Å². The molecule has 0 radical (unpaired) electrons. The van der Waals surface area contributed by atoms with E-state index in [4.69, 9.17) is 4.74 Å². The number of nitrogens with zero attached hydrogens (tertiary/aromatic N) is 3. The fourth-order valence-electron chi connectivity index (χ4n) is 2.02. The molecule has 2 heterocycles. The second kappa shape index (κ2) is 4.75. The zero-order chi connectivity index (χ0) is 10.7. The Morgan fingerprint density at radius 3 is 3.07 bits per heavy atom. The lowest BCUT2D eigenvalue weighted by Gasteiger charge is -2.22. The van der Waals surface area contributed by atoms with Gasteiger partial charge in [0.15, 0.2) is 0 Å². The molecule has 1 aliphatic heterocycles. The summed E-state index contributed by atoms with van der Waals surface area (Å²) in [6.45, 7) is 5.20. The van der Waals surface area contributed by atoms with Gasteiger partial charge in [-0.3, -0.25) is 0 Å². The molecule has 0 aromatic carbocycles. The molecule has 0 spiro atoms. The first-order chi connectivity index (χ1) is 7.27. The highest BCUT2D eigenvalue weighted by Crippen LogP contribution is 2.17. The molecule has 1 atom stereocenters. The Hall–Kier alpha value is -0.900. The molecule has 0 bridgehead atoms. The van der Waals surface area contributed by atoms with E-state index in [2.05, 4.69) is 28.6 Å². The Labute approximate surface area is 90.7 Å². The minimum atomic E-state index is 0.348. The second-order valence-electron chi connectivity index (χ2n) is 4.44. The summed E-state index contributed by atoms with van der Waals surface area (Å²) in [5.41, 5.74) is 0. The molecule has 2 rings (SSSR count). The lowest BCUT2D eigenvalue weighted by Crippen LogP contribution is -2.23. The van der Waals surface area contributed by atoms with Gasteiger partial charge in [-0.15, -0.1) is 10.2 Å². The van der Waals surface area contributed by atoms with Crippen LogP contribution in [0, 0.1) is 0 Å². The Balaban J connectivity index is 1.99. The van der Waals surface area contributed by atoms with Gasteiger partial charge in [-0.05, 0) is 33.1 Å². The smallest absolute Gasteiger partial charge is 0.135 e. The first kappa shape index (κ1) is 10.6. The van der Waals surface area contributed by atoms with Crippen LogP contribution in [0.2, 0.25) is 0 Å². The van der Waals surface area contributed by atoms with E-state index in [1.54, 1.807) is 0 Å². The van der Waals surface area contributed by atoms with Crippen molar-refractivity contribution in [1.29, 1.82) is 0 Å². The lowest BCUT2D eigenvalue weighted by molar-refractivity contribution is 0.0150. The normalized spacial score (nSPS) is 22.2. The summed E-state index contributed by atoms with van der Waals surface area (Å²) < 4.78 is 7.83. The maximum Gasteiger partial charge on any atom is 0.135 e. The van der Waals surface area contributed by atoms with Gasteiger partial charge in [-0.25, -0.2) is 0 Å². The van der Waals surface area contributed by atoms with Crippen LogP contribution in [0.4, 0.5) is 0 Å². The molecular formula is C11H19N3O. The minimum absolute atomic E-state index is 0.348. The highest BCUT2D eigenvalue weighted by Gasteiger charge is 2.18. The summed E-state index contributed by atoms with van der Waals surface area (Å²) in [4.78, 5) is 0. The van der Waals surface area contributed by atoms with Gasteiger partial charge < -0.3 is 9.30 Å². The molecule has 1 aliphatic rings. The highest BCUT2D eigenvalue weighted by molar-refractivity contribution is 4.91. The van der Waals surface area contributed by atoms with Crippen molar-refractivity contribution in [3.8, 4) is 0 Å². The van der Waals surface area contributed by atoms with E-state index >= 15 is 0 Å². The average molecular weight is 209 g/mol. The van der Waals surface area contributed by atoms with Crippen molar-refractivity contribution < 1.29 is 4.74 Å². The van der Waals surface area contributed by atoms with Crippen LogP contribution in [-0.4, -0.2) is 27.5 Å². The number of rotatable bonds is 3. The van der Waals surface area contributed by atoms with Gasteiger partial charge in [0.25, 0.3) is 0 Å². The van der Waals surface area contributed by atoms with Crippen LogP contribution in [0.25, 0.3) is 0 Å². The molecule has 1 saturated heterocycles. The third kappa shape index (κ3) is 2.56. The van der Waals surface area contributed by atoms with Gasteiger partial charge in [0.1, 0.15) is 12.2 Å². The van der Waals surface area contributed by atoms with Crippen LogP contribution < -0.4 is 0 Å². The van der Waals surface area contributed by atoms with E-state index < -0.39 is 0 Å². The van der Waals surface area contributed by atoms with Crippen molar-refractivity contribution in [3.05, 3.63) is 12.2 Å². The molecule has 1 unspecified atom stereocenters. The number of hydrogen-bond donors (Lipinski definition) is 0. The molecule has 1 fully saturated rings. The summed E-state index contributed by atoms with van der Waals surface area (Å²) in [6.07, 6.45) is 6.69. The van der Waals surface area contributed by atoms with Crippen LogP contribution in [0.15, 0.2) is 6.33 Å². The third-order valence-corrected chi connectivity index (χ3v) is 2.89. The first-order valence-corrected chi connectivity index (χ1v) is 5.77. The van der Waals surface area contributed by atoms with Gasteiger partial charge in [-0.1, -0.05) is 0 Å². The van der Waals surface area contributed by atoms with Gasteiger partial charge in [0.2, 0.25) is 0 Å². The zero-order valence-electron chi connectivity index (χ0n) is 9.52. The van der Waals surface area contributed by atoms with Crippen molar-refractivity contribution in [2.45, 2.75) is 51.7 Å². The SMILES string of the molecule is CC(C)n1cnnc1CC1CCCCO1. The van der Waals surface area contributed by atoms with E-state index in [1.807, 2.05) is 6.33 Å². The Bertz CT molecular complexity index is 303.